The monoisotopic (exact) mass is 464 g/mol. The lowest BCUT2D eigenvalue weighted by Gasteiger charge is -2.34. The number of anilines is 2. The zero-order valence-corrected chi connectivity index (χ0v) is 19.0. The molecule has 10 heteroatoms. The van der Waals surface area contributed by atoms with Gasteiger partial charge in [-0.25, -0.2) is 9.50 Å². The molecule has 4 heterocycles. The molecule has 1 atom stereocenters. The predicted molar refractivity (Wildman–Crippen MR) is 126 cm³/mol. The fourth-order valence-electron chi connectivity index (χ4n) is 4.84. The van der Waals surface area contributed by atoms with Crippen LogP contribution in [0, 0.1) is 5.92 Å². The minimum atomic E-state index is -0.691. The molecule has 10 nitrogen and oxygen atoms in total. The summed E-state index contributed by atoms with van der Waals surface area (Å²) in [5.41, 5.74) is 7.99. The summed E-state index contributed by atoms with van der Waals surface area (Å²) in [6.45, 7) is 3.22. The summed E-state index contributed by atoms with van der Waals surface area (Å²) in [5, 5.41) is 17.1. The van der Waals surface area contributed by atoms with Crippen molar-refractivity contribution in [3.05, 3.63) is 47.9 Å². The summed E-state index contributed by atoms with van der Waals surface area (Å²) in [4.78, 5) is 31.0. The topological polar surface area (TPSA) is 135 Å². The normalized spacial score (nSPS) is 20.2. The Hall–Kier alpha value is -3.66. The maximum Gasteiger partial charge on any atom is 0.261 e. The molecule has 3 aromatic rings. The molecule has 0 bridgehead atoms. The number of aromatic nitrogens is 3. The van der Waals surface area contributed by atoms with Gasteiger partial charge in [-0.1, -0.05) is 0 Å². The number of ether oxygens (including phenoxy) is 1. The van der Waals surface area contributed by atoms with Gasteiger partial charge in [0, 0.05) is 50.0 Å². The first kappa shape index (κ1) is 22.1. The Balaban J connectivity index is 1.45. The van der Waals surface area contributed by atoms with Gasteiger partial charge in [0.2, 0.25) is 5.91 Å². The van der Waals surface area contributed by atoms with Gasteiger partial charge >= 0.3 is 0 Å². The molecule has 34 heavy (non-hydrogen) atoms. The Morgan fingerprint density at radius 1 is 1.32 bits per heavy atom. The number of piperidine rings is 1. The first-order valence-electron chi connectivity index (χ1n) is 11.4. The van der Waals surface area contributed by atoms with Crippen LogP contribution in [0.25, 0.3) is 5.65 Å². The van der Waals surface area contributed by atoms with Gasteiger partial charge in [-0.3, -0.25) is 9.59 Å². The number of aliphatic hydroxyl groups is 1. The molecule has 0 saturated carbocycles. The van der Waals surface area contributed by atoms with Crippen molar-refractivity contribution >= 4 is 28.8 Å². The number of rotatable bonds is 6. The second-order valence-electron chi connectivity index (χ2n) is 9.37. The van der Waals surface area contributed by atoms with Crippen molar-refractivity contribution < 1.29 is 19.4 Å². The van der Waals surface area contributed by atoms with Gasteiger partial charge in [0.15, 0.2) is 5.65 Å². The van der Waals surface area contributed by atoms with Gasteiger partial charge in [-0.05, 0) is 37.8 Å². The molecule has 0 unspecified atom stereocenters. The number of hydrogen-bond donors (Lipinski definition) is 3. The maximum atomic E-state index is 13.2. The molecular formula is C24H28N6O4. The highest BCUT2D eigenvalue weighted by Gasteiger charge is 2.36. The van der Waals surface area contributed by atoms with Gasteiger partial charge in [-0.15, -0.1) is 0 Å². The van der Waals surface area contributed by atoms with Crippen molar-refractivity contribution in [1.29, 1.82) is 0 Å². The second kappa shape index (κ2) is 8.60. The first-order chi connectivity index (χ1) is 16.3. The molecule has 0 radical (unpaired) electrons. The highest BCUT2D eigenvalue weighted by molar-refractivity contribution is 6.09. The number of fused-ring (bicyclic) bond motifs is 2. The molecule has 2 aliphatic heterocycles. The Morgan fingerprint density at radius 3 is 2.85 bits per heavy atom. The van der Waals surface area contributed by atoms with Crippen LogP contribution in [0.3, 0.4) is 0 Å². The van der Waals surface area contributed by atoms with Gasteiger partial charge < -0.3 is 25.8 Å². The highest BCUT2D eigenvalue weighted by atomic mass is 16.5. The Labute approximate surface area is 196 Å². The van der Waals surface area contributed by atoms with Crippen molar-refractivity contribution in [2.24, 2.45) is 11.7 Å². The van der Waals surface area contributed by atoms with Crippen LogP contribution in [0.2, 0.25) is 0 Å². The standard InChI is InChI=1S/C24H28N6O4/c1-24(14-31)12-16-10-18(28-23(33)17-13-27-30-6-2-5-26-22(17)30)19(11-20(16)34-24)29-7-3-15(4-8-29)9-21(25)32/h2,5-6,10-11,13,15,31H,3-4,7-9,12,14H2,1H3,(H2,25,32)(H,28,33)/t24-/m1/s1. The van der Waals surface area contributed by atoms with Crippen LogP contribution in [0.1, 0.15) is 42.1 Å². The summed E-state index contributed by atoms with van der Waals surface area (Å²) in [6, 6.07) is 5.62. The van der Waals surface area contributed by atoms with E-state index in [0.717, 1.165) is 37.2 Å². The first-order valence-corrected chi connectivity index (χ1v) is 11.4. The molecule has 1 saturated heterocycles. The van der Waals surface area contributed by atoms with Crippen LogP contribution < -0.4 is 20.7 Å². The molecule has 2 amide bonds. The fraction of sp³-hybridized carbons (Fsp3) is 0.417. The molecule has 4 N–H and O–H groups in total. The van der Waals surface area contributed by atoms with E-state index in [2.05, 4.69) is 20.3 Å². The van der Waals surface area contributed by atoms with Gasteiger partial charge in [0.1, 0.15) is 16.9 Å². The largest absolute Gasteiger partial charge is 0.484 e. The van der Waals surface area contributed by atoms with Crippen LogP contribution in [-0.4, -0.2) is 56.8 Å². The van der Waals surface area contributed by atoms with E-state index in [1.54, 1.807) is 23.0 Å². The lowest BCUT2D eigenvalue weighted by Crippen LogP contribution is -2.35. The lowest BCUT2D eigenvalue weighted by molar-refractivity contribution is -0.119. The summed E-state index contributed by atoms with van der Waals surface area (Å²) in [7, 11) is 0. The smallest absolute Gasteiger partial charge is 0.261 e. The van der Waals surface area contributed by atoms with Gasteiger partial charge in [0.05, 0.1) is 24.2 Å². The SMILES string of the molecule is C[C@]1(CO)Cc2cc(NC(=O)c3cnn4cccnc34)c(N3CCC(CC(N)=O)CC3)cc2O1. The zero-order valence-electron chi connectivity index (χ0n) is 19.0. The van der Waals surface area contributed by atoms with E-state index in [1.807, 2.05) is 19.1 Å². The molecule has 178 valence electrons. The van der Waals surface area contributed by atoms with E-state index in [9.17, 15) is 14.7 Å². The van der Waals surface area contributed by atoms with Crippen LogP contribution >= 0.6 is 0 Å². The molecule has 2 aliphatic rings. The molecule has 2 aromatic heterocycles. The summed E-state index contributed by atoms with van der Waals surface area (Å²) in [6.07, 6.45) is 7.47. The van der Waals surface area contributed by atoms with E-state index in [1.165, 1.54) is 6.20 Å². The zero-order chi connectivity index (χ0) is 23.9. The predicted octanol–water partition coefficient (Wildman–Crippen LogP) is 1.76. The Kier molecular flexibility index (Phi) is 5.60. The third-order valence-corrected chi connectivity index (χ3v) is 6.65. The van der Waals surface area contributed by atoms with Crippen molar-refractivity contribution in [2.45, 2.75) is 38.2 Å². The number of carbonyl (C=O) groups excluding carboxylic acids is 2. The third-order valence-electron chi connectivity index (χ3n) is 6.65. The number of amides is 2. The quantitative estimate of drug-likeness (QED) is 0.506. The van der Waals surface area contributed by atoms with E-state index < -0.39 is 5.60 Å². The van der Waals surface area contributed by atoms with E-state index in [0.29, 0.717) is 35.5 Å². The van der Waals surface area contributed by atoms with Crippen molar-refractivity contribution in [1.82, 2.24) is 14.6 Å². The third kappa shape index (κ3) is 4.16. The van der Waals surface area contributed by atoms with Crippen molar-refractivity contribution in [2.75, 3.05) is 29.9 Å². The van der Waals surface area contributed by atoms with Crippen molar-refractivity contribution in [3.63, 3.8) is 0 Å². The Morgan fingerprint density at radius 2 is 2.12 bits per heavy atom. The molecule has 0 aliphatic carbocycles. The van der Waals surface area contributed by atoms with Crippen molar-refractivity contribution in [3.8, 4) is 5.75 Å². The number of hydrogen-bond acceptors (Lipinski definition) is 7. The number of nitrogens with zero attached hydrogens (tertiary/aromatic N) is 4. The number of carbonyl (C=O) groups is 2. The summed E-state index contributed by atoms with van der Waals surface area (Å²) < 4.78 is 7.62. The minimum Gasteiger partial charge on any atom is -0.484 e. The van der Waals surface area contributed by atoms with Crippen LogP contribution in [-0.2, 0) is 11.2 Å². The van der Waals surface area contributed by atoms with Crippen LogP contribution in [0.15, 0.2) is 36.8 Å². The van der Waals surface area contributed by atoms with E-state index in [4.69, 9.17) is 10.5 Å². The number of aliphatic hydroxyl groups excluding tert-OH is 1. The van der Waals surface area contributed by atoms with Gasteiger partial charge in [0.25, 0.3) is 5.91 Å². The molecule has 0 spiro atoms. The summed E-state index contributed by atoms with van der Waals surface area (Å²) in [5.74, 6) is 0.395. The van der Waals surface area contributed by atoms with Crippen LogP contribution in [0.5, 0.6) is 5.75 Å². The lowest BCUT2D eigenvalue weighted by atomic mass is 9.92. The van der Waals surface area contributed by atoms with Gasteiger partial charge in [-0.2, -0.15) is 5.10 Å². The van der Waals surface area contributed by atoms with E-state index in [-0.39, 0.29) is 24.3 Å². The minimum absolute atomic E-state index is 0.106. The molecule has 5 rings (SSSR count). The second-order valence-corrected chi connectivity index (χ2v) is 9.37. The average Bonchev–Trinajstić information content (AvgIpc) is 3.39. The Bertz CT molecular complexity index is 1250. The average molecular weight is 465 g/mol. The number of benzene rings is 1. The maximum absolute atomic E-state index is 13.2. The molecule has 1 aromatic carbocycles. The fourth-order valence-corrected chi connectivity index (χ4v) is 4.84. The number of primary amides is 1. The van der Waals surface area contributed by atoms with E-state index >= 15 is 0 Å². The molecule has 1 fully saturated rings. The highest BCUT2D eigenvalue weighted by Crippen LogP contribution is 2.42. The van der Waals surface area contributed by atoms with Crippen LogP contribution in [0.4, 0.5) is 11.4 Å². The number of nitrogens with one attached hydrogen (secondary N) is 1. The number of nitrogens with two attached hydrogens (primary N) is 1. The summed E-state index contributed by atoms with van der Waals surface area (Å²) >= 11 is 0. The molecular weight excluding hydrogens is 436 g/mol.